The zero-order valence-corrected chi connectivity index (χ0v) is 13.9. The van der Waals surface area contributed by atoms with Crippen molar-refractivity contribution in [2.45, 2.75) is 54.4 Å². The van der Waals surface area contributed by atoms with Crippen LogP contribution in [0.1, 0.15) is 54.4 Å². The molecule has 0 aliphatic rings. The minimum absolute atomic E-state index is 0.00910. The highest BCUT2D eigenvalue weighted by Crippen LogP contribution is 2.17. The zero-order chi connectivity index (χ0) is 15.8. The summed E-state index contributed by atoms with van der Waals surface area (Å²) in [5, 5.41) is 8.45. The summed E-state index contributed by atoms with van der Waals surface area (Å²) in [7, 11) is 0. The maximum atomic E-state index is 11.6. The molecule has 0 heterocycles. The van der Waals surface area contributed by atoms with Crippen molar-refractivity contribution in [1.82, 2.24) is 16.0 Å². The number of hydrogen-bond donors (Lipinski definition) is 3. The summed E-state index contributed by atoms with van der Waals surface area (Å²) in [6.07, 6.45) is 1.26. The second-order valence-corrected chi connectivity index (χ2v) is 7.61. The van der Waals surface area contributed by atoms with Crippen LogP contribution in [0.5, 0.6) is 0 Å². The molecule has 0 aromatic heterocycles. The Kier molecular flexibility index (Phi) is 7.61. The number of carbonyl (C=O) groups is 2. The van der Waals surface area contributed by atoms with Crippen molar-refractivity contribution in [2.75, 3.05) is 19.6 Å². The molecular weight excluding hydrogens is 254 g/mol. The van der Waals surface area contributed by atoms with E-state index in [-0.39, 0.29) is 22.8 Å². The Morgan fingerprint density at radius 2 is 1.35 bits per heavy atom. The van der Waals surface area contributed by atoms with Crippen molar-refractivity contribution >= 4 is 11.9 Å². The summed E-state index contributed by atoms with van der Waals surface area (Å²) < 4.78 is 0. The quantitative estimate of drug-likeness (QED) is 0.655. The molecular formula is C15H31N3O2. The van der Waals surface area contributed by atoms with Gasteiger partial charge >= 0.3 is 6.03 Å². The Balaban J connectivity index is 3.58. The summed E-state index contributed by atoms with van der Waals surface area (Å²) in [5.74, 6) is 0.0645. The van der Waals surface area contributed by atoms with Crippen LogP contribution in [0.4, 0.5) is 4.79 Å². The molecule has 0 rings (SSSR count). The molecule has 5 nitrogen and oxygen atoms in total. The van der Waals surface area contributed by atoms with E-state index in [0.29, 0.717) is 26.1 Å². The Morgan fingerprint density at radius 3 is 1.85 bits per heavy atom. The van der Waals surface area contributed by atoms with Gasteiger partial charge in [0, 0.05) is 26.1 Å². The molecule has 0 fully saturated rings. The molecule has 0 saturated heterocycles. The molecule has 0 spiro atoms. The average Bonchev–Trinajstić information content (AvgIpc) is 2.22. The van der Waals surface area contributed by atoms with E-state index in [1.807, 2.05) is 20.8 Å². The lowest BCUT2D eigenvalue weighted by molar-refractivity contribution is -0.122. The predicted molar refractivity (Wildman–Crippen MR) is 82.6 cm³/mol. The van der Waals surface area contributed by atoms with Crippen LogP contribution in [-0.2, 0) is 4.79 Å². The lowest BCUT2D eigenvalue weighted by atomic mass is 9.92. The first-order valence-corrected chi connectivity index (χ1v) is 7.28. The van der Waals surface area contributed by atoms with Crippen LogP contribution in [0.15, 0.2) is 0 Å². The lowest BCUT2D eigenvalue weighted by Crippen LogP contribution is -2.41. The fourth-order valence-corrected chi connectivity index (χ4v) is 1.47. The summed E-state index contributed by atoms with van der Waals surface area (Å²) in [6.45, 7) is 14.1. The van der Waals surface area contributed by atoms with E-state index < -0.39 is 0 Å². The molecule has 3 amide bonds. The van der Waals surface area contributed by atoms with E-state index in [1.54, 1.807) is 0 Å². The van der Waals surface area contributed by atoms with Gasteiger partial charge in [0.1, 0.15) is 0 Å². The normalized spacial score (nSPS) is 11.9. The standard InChI is InChI=1S/C15H31N3O2/c1-14(2,3)10-12(19)16-8-7-9-17-13(20)18-11-15(4,5)6/h7-11H2,1-6H3,(H,16,19)(H2,17,18,20). The third-order valence-corrected chi connectivity index (χ3v) is 2.43. The first kappa shape index (κ1) is 18.7. The molecule has 118 valence electrons. The number of urea groups is 1. The number of amides is 3. The lowest BCUT2D eigenvalue weighted by Gasteiger charge is -2.19. The molecule has 0 aliphatic carbocycles. The van der Waals surface area contributed by atoms with Gasteiger partial charge in [0.15, 0.2) is 0 Å². The predicted octanol–water partition coefficient (Wildman–Crippen LogP) is 2.27. The van der Waals surface area contributed by atoms with Gasteiger partial charge in [-0.1, -0.05) is 41.5 Å². The van der Waals surface area contributed by atoms with E-state index in [2.05, 4.69) is 36.7 Å². The maximum Gasteiger partial charge on any atom is 0.314 e. The minimum Gasteiger partial charge on any atom is -0.356 e. The molecule has 0 atom stereocenters. The van der Waals surface area contributed by atoms with Gasteiger partial charge in [0.2, 0.25) is 5.91 Å². The van der Waals surface area contributed by atoms with E-state index in [9.17, 15) is 9.59 Å². The van der Waals surface area contributed by atoms with Crippen LogP contribution >= 0.6 is 0 Å². The molecule has 0 bridgehead atoms. The van der Waals surface area contributed by atoms with Gasteiger partial charge in [0.25, 0.3) is 0 Å². The summed E-state index contributed by atoms with van der Waals surface area (Å²) >= 11 is 0. The third kappa shape index (κ3) is 13.2. The van der Waals surface area contributed by atoms with E-state index in [0.717, 1.165) is 6.42 Å². The largest absolute Gasteiger partial charge is 0.356 e. The van der Waals surface area contributed by atoms with Crippen molar-refractivity contribution in [1.29, 1.82) is 0 Å². The summed E-state index contributed by atoms with van der Waals surface area (Å²) in [5.41, 5.74) is 0.0907. The number of carbonyl (C=O) groups excluding carboxylic acids is 2. The highest BCUT2D eigenvalue weighted by Gasteiger charge is 2.15. The van der Waals surface area contributed by atoms with Gasteiger partial charge in [-0.15, -0.1) is 0 Å². The van der Waals surface area contributed by atoms with E-state index in [4.69, 9.17) is 0 Å². The van der Waals surface area contributed by atoms with Crippen LogP contribution in [0.2, 0.25) is 0 Å². The van der Waals surface area contributed by atoms with Crippen LogP contribution < -0.4 is 16.0 Å². The van der Waals surface area contributed by atoms with Gasteiger partial charge < -0.3 is 16.0 Å². The SMILES string of the molecule is CC(C)(C)CNC(=O)NCCCNC(=O)CC(C)(C)C. The van der Waals surface area contributed by atoms with Crippen LogP contribution in [0, 0.1) is 10.8 Å². The highest BCUT2D eigenvalue weighted by molar-refractivity contribution is 5.76. The Bertz CT molecular complexity index is 314. The van der Waals surface area contributed by atoms with Crippen LogP contribution in [-0.4, -0.2) is 31.6 Å². The highest BCUT2D eigenvalue weighted by atomic mass is 16.2. The van der Waals surface area contributed by atoms with Crippen molar-refractivity contribution in [3.8, 4) is 0 Å². The number of nitrogens with one attached hydrogen (secondary N) is 3. The van der Waals surface area contributed by atoms with Gasteiger partial charge in [-0.2, -0.15) is 0 Å². The molecule has 3 N–H and O–H groups in total. The fraction of sp³-hybridized carbons (Fsp3) is 0.867. The van der Waals surface area contributed by atoms with E-state index >= 15 is 0 Å². The molecule has 0 radical (unpaired) electrons. The molecule has 20 heavy (non-hydrogen) atoms. The average molecular weight is 285 g/mol. The van der Waals surface area contributed by atoms with Crippen molar-refractivity contribution in [3.05, 3.63) is 0 Å². The second kappa shape index (κ2) is 8.12. The fourth-order valence-electron chi connectivity index (χ4n) is 1.47. The van der Waals surface area contributed by atoms with Gasteiger partial charge in [0.05, 0.1) is 0 Å². The van der Waals surface area contributed by atoms with Crippen molar-refractivity contribution in [3.63, 3.8) is 0 Å². The monoisotopic (exact) mass is 285 g/mol. The number of hydrogen-bond acceptors (Lipinski definition) is 2. The van der Waals surface area contributed by atoms with Crippen LogP contribution in [0.25, 0.3) is 0 Å². The Hall–Kier alpha value is -1.26. The minimum atomic E-state index is -0.152. The van der Waals surface area contributed by atoms with Crippen molar-refractivity contribution < 1.29 is 9.59 Å². The topological polar surface area (TPSA) is 70.2 Å². The first-order valence-electron chi connectivity index (χ1n) is 7.28. The van der Waals surface area contributed by atoms with Gasteiger partial charge in [-0.05, 0) is 17.3 Å². The molecule has 0 aliphatic heterocycles. The maximum absolute atomic E-state index is 11.6. The summed E-state index contributed by atoms with van der Waals surface area (Å²) in [4.78, 5) is 23.0. The smallest absolute Gasteiger partial charge is 0.314 e. The van der Waals surface area contributed by atoms with Crippen LogP contribution in [0.3, 0.4) is 0 Å². The molecule has 0 saturated carbocycles. The summed E-state index contributed by atoms with van der Waals surface area (Å²) in [6, 6.07) is -0.152. The second-order valence-electron chi connectivity index (χ2n) is 7.61. The first-order chi connectivity index (χ1) is 8.99. The third-order valence-electron chi connectivity index (χ3n) is 2.43. The van der Waals surface area contributed by atoms with E-state index in [1.165, 1.54) is 0 Å². The Morgan fingerprint density at radius 1 is 0.800 bits per heavy atom. The molecule has 0 aromatic carbocycles. The van der Waals surface area contributed by atoms with Gasteiger partial charge in [-0.3, -0.25) is 4.79 Å². The van der Waals surface area contributed by atoms with Gasteiger partial charge in [-0.25, -0.2) is 4.79 Å². The Labute approximate surface area is 123 Å². The van der Waals surface area contributed by atoms with Crippen molar-refractivity contribution in [2.24, 2.45) is 10.8 Å². The molecule has 5 heteroatoms. The molecule has 0 unspecified atom stereocenters. The number of rotatable bonds is 6. The zero-order valence-electron chi connectivity index (χ0n) is 13.9. The molecule has 0 aromatic rings.